The second-order valence-electron chi connectivity index (χ2n) is 4.38. The van der Waals surface area contributed by atoms with Crippen molar-refractivity contribution in [3.05, 3.63) is 0 Å². The van der Waals surface area contributed by atoms with Gasteiger partial charge in [-0.1, -0.05) is 13.8 Å². The molecule has 1 rings (SSSR count). The molecule has 5 nitrogen and oxygen atoms in total. The van der Waals surface area contributed by atoms with Gasteiger partial charge in [0.1, 0.15) is 12.3 Å². The van der Waals surface area contributed by atoms with E-state index in [-0.39, 0.29) is 18.6 Å². The van der Waals surface area contributed by atoms with Gasteiger partial charge in [-0.15, -0.1) is 0 Å². The van der Waals surface area contributed by atoms with Gasteiger partial charge in [0.2, 0.25) is 0 Å². The van der Waals surface area contributed by atoms with Crippen LogP contribution in [0.3, 0.4) is 0 Å². The smallest absolute Gasteiger partial charge is 0.137 e. The van der Waals surface area contributed by atoms with Gasteiger partial charge < -0.3 is 20.1 Å². The molecule has 0 aromatic carbocycles. The van der Waals surface area contributed by atoms with Gasteiger partial charge in [-0.25, -0.2) is 0 Å². The van der Waals surface area contributed by atoms with Crippen molar-refractivity contribution in [3.63, 3.8) is 0 Å². The molecule has 0 spiro atoms. The van der Waals surface area contributed by atoms with Crippen LogP contribution >= 0.6 is 0 Å². The number of likely N-dealkylation sites (N-methyl/N-ethyl adjacent to an activating group) is 1. The van der Waals surface area contributed by atoms with Crippen molar-refractivity contribution in [2.45, 2.75) is 38.4 Å². The zero-order chi connectivity index (χ0) is 11.6. The van der Waals surface area contributed by atoms with Crippen LogP contribution in [0.4, 0.5) is 0 Å². The molecule has 5 atom stereocenters. The van der Waals surface area contributed by atoms with E-state index in [4.69, 9.17) is 4.74 Å². The van der Waals surface area contributed by atoms with Crippen molar-refractivity contribution in [2.24, 2.45) is 11.8 Å². The molecule has 5 unspecified atom stereocenters. The Balaban J connectivity index is 2.79. The van der Waals surface area contributed by atoms with Gasteiger partial charge in [-0.3, -0.25) is 5.32 Å². The molecule has 90 valence electrons. The molecule has 15 heavy (non-hydrogen) atoms. The minimum absolute atomic E-state index is 0.181. The third-order valence-corrected chi connectivity index (χ3v) is 2.98. The van der Waals surface area contributed by atoms with Crippen LogP contribution in [0, 0.1) is 11.8 Å². The van der Waals surface area contributed by atoms with Gasteiger partial charge in [0, 0.05) is 5.92 Å². The standard InChI is InChI=1S/C10H21NO4/c1-5(2)9-6(4-12)7(13)8(14)10(11-3)15-9/h5-14H,4H2,1-3H3. The van der Waals surface area contributed by atoms with Crippen molar-refractivity contribution in [1.29, 1.82) is 0 Å². The van der Waals surface area contributed by atoms with E-state index in [0.717, 1.165) is 0 Å². The predicted octanol–water partition coefficient (Wildman–Crippen LogP) is -1.08. The first-order chi connectivity index (χ1) is 7.02. The highest BCUT2D eigenvalue weighted by Gasteiger charge is 2.44. The average Bonchev–Trinajstić information content (AvgIpc) is 2.21. The van der Waals surface area contributed by atoms with Crippen molar-refractivity contribution in [2.75, 3.05) is 13.7 Å². The number of rotatable bonds is 3. The maximum atomic E-state index is 9.83. The average molecular weight is 219 g/mol. The molecule has 0 bridgehead atoms. The van der Waals surface area contributed by atoms with Crippen molar-refractivity contribution < 1.29 is 20.1 Å². The van der Waals surface area contributed by atoms with E-state index in [2.05, 4.69) is 5.32 Å². The molecule has 1 aliphatic heterocycles. The summed E-state index contributed by atoms with van der Waals surface area (Å²) < 4.78 is 5.60. The zero-order valence-corrected chi connectivity index (χ0v) is 9.42. The number of nitrogens with one attached hydrogen (secondary N) is 1. The topological polar surface area (TPSA) is 82.0 Å². The highest BCUT2D eigenvalue weighted by Crippen LogP contribution is 2.29. The van der Waals surface area contributed by atoms with Crippen LogP contribution in [-0.4, -0.2) is 53.5 Å². The number of ether oxygens (including phenoxy) is 1. The molecule has 0 radical (unpaired) electrons. The fourth-order valence-corrected chi connectivity index (χ4v) is 2.08. The lowest BCUT2D eigenvalue weighted by atomic mass is 9.84. The van der Waals surface area contributed by atoms with Crippen LogP contribution in [0.25, 0.3) is 0 Å². The fraction of sp³-hybridized carbons (Fsp3) is 1.00. The molecule has 1 aliphatic rings. The molecule has 1 heterocycles. The maximum Gasteiger partial charge on any atom is 0.137 e. The Morgan fingerprint density at radius 1 is 1.27 bits per heavy atom. The van der Waals surface area contributed by atoms with E-state index in [1.54, 1.807) is 7.05 Å². The molecule has 0 aromatic rings. The molecule has 0 aromatic heterocycles. The van der Waals surface area contributed by atoms with Crippen molar-refractivity contribution in [1.82, 2.24) is 5.32 Å². The van der Waals surface area contributed by atoms with E-state index in [1.807, 2.05) is 13.8 Å². The summed E-state index contributed by atoms with van der Waals surface area (Å²) in [7, 11) is 1.66. The van der Waals surface area contributed by atoms with Gasteiger partial charge in [0.25, 0.3) is 0 Å². The minimum atomic E-state index is -0.998. The lowest BCUT2D eigenvalue weighted by Gasteiger charge is -2.43. The molecule has 0 saturated carbocycles. The van der Waals surface area contributed by atoms with Gasteiger partial charge in [-0.05, 0) is 13.0 Å². The Kier molecular flexibility index (Phi) is 4.48. The first-order valence-electron chi connectivity index (χ1n) is 5.32. The van der Waals surface area contributed by atoms with Crippen LogP contribution in [-0.2, 0) is 4.74 Å². The molecular formula is C10H21NO4. The van der Waals surface area contributed by atoms with E-state index in [1.165, 1.54) is 0 Å². The van der Waals surface area contributed by atoms with Crippen LogP contribution in [0.15, 0.2) is 0 Å². The molecule has 1 saturated heterocycles. The lowest BCUT2D eigenvalue weighted by Crippen LogP contribution is -2.60. The number of hydrogen-bond donors (Lipinski definition) is 4. The van der Waals surface area contributed by atoms with Crippen LogP contribution in [0.2, 0.25) is 0 Å². The summed E-state index contributed by atoms with van der Waals surface area (Å²) in [5.74, 6) is -0.246. The van der Waals surface area contributed by atoms with Gasteiger partial charge in [0.05, 0.1) is 18.8 Å². The maximum absolute atomic E-state index is 9.83. The van der Waals surface area contributed by atoms with Crippen LogP contribution in [0.1, 0.15) is 13.8 Å². The van der Waals surface area contributed by atoms with Gasteiger partial charge in [-0.2, -0.15) is 0 Å². The zero-order valence-electron chi connectivity index (χ0n) is 9.42. The number of aliphatic hydroxyl groups excluding tert-OH is 3. The Bertz CT molecular complexity index is 200. The van der Waals surface area contributed by atoms with Crippen LogP contribution < -0.4 is 5.32 Å². The molecule has 5 heteroatoms. The lowest BCUT2D eigenvalue weighted by molar-refractivity contribution is -0.223. The normalized spacial score (nSPS) is 42.2. The largest absolute Gasteiger partial charge is 0.396 e. The summed E-state index contributed by atoms with van der Waals surface area (Å²) in [6.07, 6.45) is -2.77. The van der Waals surface area contributed by atoms with Crippen molar-refractivity contribution >= 4 is 0 Å². The van der Waals surface area contributed by atoms with E-state index in [9.17, 15) is 15.3 Å². The van der Waals surface area contributed by atoms with E-state index < -0.39 is 24.4 Å². The van der Waals surface area contributed by atoms with E-state index >= 15 is 0 Å². The highest BCUT2D eigenvalue weighted by molar-refractivity contribution is 4.91. The second kappa shape index (κ2) is 5.23. The Labute approximate surface area is 90.1 Å². The van der Waals surface area contributed by atoms with Crippen LogP contribution in [0.5, 0.6) is 0 Å². The second-order valence-corrected chi connectivity index (χ2v) is 4.38. The predicted molar refractivity (Wildman–Crippen MR) is 55.1 cm³/mol. The third-order valence-electron chi connectivity index (χ3n) is 2.98. The Hall–Kier alpha value is -0.200. The molecule has 1 fully saturated rings. The summed E-state index contributed by atoms with van der Waals surface area (Å²) in [5, 5.41) is 31.5. The third kappa shape index (κ3) is 2.49. The molecule has 4 N–H and O–H groups in total. The quantitative estimate of drug-likeness (QED) is 0.485. The first-order valence-corrected chi connectivity index (χ1v) is 5.32. The Morgan fingerprint density at radius 2 is 1.87 bits per heavy atom. The number of aliphatic hydroxyl groups is 3. The SMILES string of the molecule is CNC1OC(C(C)C)C(CO)C(O)C1O. The Morgan fingerprint density at radius 3 is 2.27 bits per heavy atom. The summed E-state index contributed by atoms with van der Waals surface area (Å²) in [4.78, 5) is 0. The summed E-state index contributed by atoms with van der Waals surface area (Å²) in [6.45, 7) is 3.74. The summed E-state index contributed by atoms with van der Waals surface area (Å²) >= 11 is 0. The number of hydrogen-bond acceptors (Lipinski definition) is 5. The molecule has 0 aliphatic carbocycles. The molecular weight excluding hydrogens is 198 g/mol. The van der Waals surface area contributed by atoms with E-state index in [0.29, 0.717) is 0 Å². The van der Waals surface area contributed by atoms with Crippen molar-refractivity contribution in [3.8, 4) is 0 Å². The summed E-state index contributed by atoms with van der Waals surface area (Å²) in [5.41, 5.74) is 0. The monoisotopic (exact) mass is 219 g/mol. The molecule has 0 amide bonds. The minimum Gasteiger partial charge on any atom is -0.396 e. The van der Waals surface area contributed by atoms with Gasteiger partial charge >= 0.3 is 0 Å². The fourth-order valence-electron chi connectivity index (χ4n) is 2.08. The van der Waals surface area contributed by atoms with Gasteiger partial charge in [0.15, 0.2) is 0 Å². The first kappa shape index (κ1) is 12.9. The highest BCUT2D eigenvalue weighted by atomic mass is 16.5. The summed E-state index contributed by atoms with van der Waals surface area (Å²) in [6, 6.07) is 0.